The van der Waals surface area contributed by atoms with Gasteiger partial charge in [0.15, 0.2) is 18.1 Å². The van der Waals surface area contributed by atoms with E-state index in [-0.39, 0.29) is 13.2 Å². The van der Waals surface area contributed by atoms with Gasteiger partial charge in [-0.05, 0) is 31.2 Å². The molecule has 0 saturated carbocycles. The fourth-order valence-electron chi connectivity index (χ4n) is 2.18. The highest BCUT2D eigenvalue weighted by atomic mass is 16.6. The van der Waals surface area contributed by atoms with Crippen molar-refractivity contribution in [2.45, 2.75) is 13.0 Å². The Hall–Kier alpha value is -3.22. The van der Waals surface area contributed by atoms with Gasteiger partial charge in [-0.25, -0.2) is 0 Å². The van der Waals surface area contributed by atoms with Crippen molar-refractivity contribution in [3.05, 3.63) is 54.1 Å². The summed E-state index contributed by atoms with van der Waals surface area (Å²) in [4.78, 5) is 23.8. The Balaban J connectivity index is 1.43. The van der Waals surface area contributed by atoms with Gasteiger partial charge in [0.05, 0.1) is 0 Å². The van der Waals surface area contributed by atoms with Gasteiger partial charge in [0.25, 0.3) is 11.8 Å². The number of amides is 2. The molecule has 2 amide bonds. The van der Waals surface area contributed by atoms with Crippen molar-refractivity contribution < 1.29 is 23.8 Å². The number of carbonyl (C=O) groups is 2. The van der Waals surface area contributed by atoms with E-state index < -0.39 is 17.9 Å². The van der Waals surface area contributed by atoms with E-state index in [1.165, 1.54) is 0 Å². The second-order valence-corrected chi connectivity index (χ2v) is 5.50. The maximum Gasteiger partial charge on any atom is 0.283 e. The smallest absolute Gasteiger partial charge is 0.283 e. The third-order valence-corrected chi connectivity index (χ3v) is 3.52. The predicted octanol–water partition coefficient (Wildman–Crippen LogP) is 1.36. The molecule has 2 N–H and O–H groups in total. The summed E-state index contributed by atoms with van der Waals surface area (Å²) in [5.41, 5.74) is 5.69. The van der Waals surface area contributed by atoms with Crippen molar-refractivity contribution in [2.24, 2.45) is 0 Å². The van der Waals surface area contributed by atoms with Crippen molar-refractivity contribution in [3.63, 3.8) is 0 Å². The van der Waals surface area contributed by atoms with Gasteiger partial charge in [0.2, 0.25) is 6.10 Å². The lowest BCUT2D eigenvalue weighted by Gasteiger charge is -2.25. The van der Waals surface area contributed by atoms with E-state index in [4.69, 9.17) is 14.2 Å². The number of benzene rings is 2. The van der Waals surface area contributed by atoms with E-state index in [9.17, 15) is 9.59 Å². The molecule has 2 aromatic carbocycles. The molecule has 0 unspecified atom stereocenters. The first-order valence-electron chi connectivity index (χ1n) is 7.78. The zero-order valence-corrected chi connectivity index (χ0v) is 13.7. The van der Waals surface area contributed by atoms with Crippen LogP contribution < -0.4 is 25.1 Å². The molecule has 0 radical (unpaired) electrons. The second kappa shape index (κ2) is 7.57. The molecule has 0 spiro atoms. The first-order chi connectivity index (χ1) is 12.1. The van der Waals surface area contributed by atoms with E-state index in [2.05, 4.69) is 10.9 Å². The number of aryl methyl sites for hydroxylation is 1. The van der Waals surface area contributed by atoms with E-state index >= 15 is 0 Å². The van der Waals surface area contributed by atoms with E-state index in [0.29, 0.717) is 17.2 Å². The van der Waals surface area contributed by atoms with Crippen LogP contribution in [0.2, 0.25) is 0 Å². The van der Waals surface area contributed by atoms with E-state index in [1.807, 2.05) is 25.1 Å². The molecule has 1 aliphatic rings. The molecular formula is C18H18N2O5. The molecule has 7 nitrogen and oxygen atoms in total. The highest BCUT2D eigenvalue weighted by Gasteiger charge is 2.27. The quantitative estimate of drug-likeness (QED) is 0.820. The standard InChI is InChI=1S/C18H18N2O5/c1-12-6-8-13(9-7-12)23-11-17(21)19-20-18(22)16-10-24-14-4-2-3-5-15(14)25-16/h2-9,16H,10-11H2,1H3,(H,19,21)(H,20,22)/t16-/m0/s1. The number of rotatable bonds is 4. The van der Waals surface area contributed by atoms with Crippen molar-refractivity contribution in [1.82, 2.24) is 10.9 Å². The van der Waals surface area contributed by atoms with Gasteiger partial charge in [-0.2, -0.15) is 0 Å². The lowest BCUT2D eigenvalue weighted by molar-refractivity contribution is -0.135. The van der Waals surface area contributed by atoms with Crippen LogP contribution in [0.5, 0.6) is 17.2 Å². The minimum absolute atomic E-state index is 0.0680. The Morgan fingerprint density at radius 2 is 1.80 bits per heavy atom. The Morgan fingerprint density at radius 3 is 2.56 bits per heavy atom. The average molecular weight is 342 g/mol. The number of hydrogen-bond acceptors (Lipinski definition) is 5. The van der Waals surface area contributed by atoms with Crippen LogP contribution in [-0.2, 0) is 9.59 Å². The normalized spacial score (nSPS) is 15.2. The monoisotopic (exact) mass is 342 g/mol. The molecule has 3 rings (SSSR count). The number of hydrogen-bond donors (Lipinski definition) is 2. The lowest BCUT2D eigenvalue weighted by Crippen LogP contribution is -2.51. The third kappa shape index (κ3) is 4.41. The Kier molecular flexibility index (Phi) is 5.03. The number of nitrogens with one attached hydrogen (secondary N) is 2. The predicted molar refractivity (Wildman–Crippen MR) is 89.3 cm³/mol. The van der Waals surface area contributed by atoms with Crippen molar-refractivity contribution in [1.29, 1.82) is 0 Å². The molecule has 0 saturated heterocycles. The maximum absolute atomic E-state index is 12.1. The summed E-state index contributed by atoms with van der Waals surface area (Å²) >= 11 is 0. The lowest BCUT2D eigenvalue weighted by atomic mass is 10.2. The summed E-state index contributed by atoms with van der Waals surface area (Å²) in [7, 11) is 0. The van der Waals surface area contributed by atoms with Gasteiger partial charge in [0.1, 0.15) is 12.4 Å². The first-order valence-corrected chi connectivity index (χ1v) is 7.78. The SMILES string of the molecule is Cc1ccc(OCC(=O)NNC(=O)[C@@H]2COc3ccccc3O2)cc1. The van der Waals surface area contributed by atoms with E-state index in [1.54, 1.807) is 30.3 Å². The molecule has 0 aliphatic carbocycles. The maximum atomic E-state index is 12.1. The molecule has 1 aliphatic heterocycles. The number of carbonyl (C=O) groups excluding carboxylic acids is 2. The topological polar surface area (TPSA) is 85.9 Å². The largest absolute Gasteiger partial charge is 0.485 e. The average Bonchev–Trinajstić information content (AvgIpc) is 2.65. The minimum atomic E-state index is -0.840. The molecule has 2 aromatic rings. The van der Waals surface area contributed by atoms with Gasteiger partial charge in [-0.1, -0.05) is 29.8 Å². The molecular weight excluding hydrogens is 324 g/mol. The summed E-state index contributed by atoms with van der Waals surface area (Å²) in [6.07, 6.45) is -0.840. The number of fused-ring (bicyclic) bond motifs is 1. The van der Waals surface area contributed by atoms with Crippen LogP contribution in [0.1, 0.15) is 5.56 Å². The molecule has 25 heavy (non-hydrogen) atoms. The van der Waals surface area contributed by atoms with Gasteiger partial charge >= 0.3 is 0 Å². The first kappa shape index (κ1) is 16.6. The van der Waals surface area contributed by atoms with Gasteiger partial charge in [-0.3, -0.25) is 20.4 Å². The molecule has 0 bridgehead atoms. The molecule has 1 heterocycles. The van der Waals surface area contributed by atoms with Crippen LogP contribution >= 0.6 is 0 Å². The van der Waals surface area contributed by atoms with Gasteiger partial charge < -0.3 is 14.2 Å². The van der Waals surface area contributed by atoms with Crippen LogP contribution in [-0.4, -0.2) is 31.1 Å². The van der Waals surface area contributed by atoms with Crippen LogP contribution in [0.3, 0.4) is 0 Å². The van der Waals surface area contributed by atoms with Crippen LogP contribution in [0.15, 0.2) is 48.5 Å². The van der Waals surface area contributed by atoms with E-state index in [0.717, 1.165) is 5.56 Å². The second-order valence-electron chi connectivity index (χ2n) is 5.50. The Morgan fingerprint density at radius 1 is 1.08 bits per heavy atom. The Bertz CT molecular complexity index is 760. The highest BCUT2D eigenvalue weighted by molar-refractivity contribution is 5.85. The summed E-state index contributed by atoms with van der Waals surface area (Å²) in [5.74, 6) is 0.668. The zero-order chi connectivity index (χ0) is 17.6. The Labute approximate surface area is 144 Å². The molecule has 0 aromatic heterocycles. The molecule has 7 heteroatoms. The number of hydrazine groups is 1. The molecule has 130 valence electrons. The van der Waals surface area contributed by atoms with Gasteiger partial charge in [0, 0.05) is 0 Å². The van der Waals surface area contributed by atoms with Crippen molar-refractivity contribution in [2.75, 3.05) is 13.2 Å². The van der Waals surface area contributed by atoms with Crippen LogP contribution in [0.4, 0.5) is 0 Å². The fourth-order valence-corrected chi connectivity index (χ4v) is 2.18. The van der Waals surface area contributed by atoms with Crippen LogP contribution in [0, 0.1) is 6.92 Å². The summed E-state index contributed by atoms with van der Waals surface area (Å²) < 4.78 is 16.3. The highest BCUT2D eigenvalue weighted by Crippen LogP contribution is 2.30. The zero-order valence-electron chi connectivity index (χ0n) is 13.7. The number of para-hydroxylation sites is 2. The van der Waals surface area contributed by atoms with Crippen molar-refractivity contribution in [3.8, 4) is 17.2 Å². The van der Waals surface area contributed by atoms with Gasteiger partial charge in [-0.15, -0.1) is 0 Å². The third-order valence-electron chi connectivity index (χ3n) is 3.52. The van der Waals surface area contributed by atoms with Crippen molar-refractivity contribution >= 4 is 11.8 Å². The minimum Gasteiger partial charge on any atom is -0.485 e. The number of ether oxygens (including phenoxy) is 3. The van der Waals surface area contributed by atoms with Crippen LogP contribution in [0.25, 0.3) is 0 Å². The molecule has 0 fully saturated rings. The fraction of sp³-hybridized carbons (Fsp3) is 0.222. The molecule has 1 atom stereocenters. The summed E-state index contributed by atoms with van der Waals surface area (Å²) in [5, 5.41) is 0. The summed E-state index contributed by atoms with van der Waals surface area (Å²) in [6, 6.07) is 14.4. The summed E-state index contributed by atoms with van der Waals surface area (Å²) in [6.45, 7) is 1.81.